The lowest BCUT2D eigenvalue weighted by Crippen LogP contribution is -2.56. The summed E-state index contributed by atoms with van der Waals surface area (Å²) in [4.78, 5) is 1.99. The molecule has 1 aromatic rings. The molecule has 0 spiro atoms. The normalized spacial score (nSPS) is 20.4. The summed E-state index contributed by atoms with van der Waals surface area (Å²) in [7, 11) is 0. The third-order valence-corrected chi connectivity index (χ3v) is 2.23. The van der Waals surface area contributed by atoms with Gasteiger partial charge in [0.25, 0.3) is 0 Å². The highest BCUT2D eigenvalue weighted by Gasteiger charge is 2.38. The fourth-order valence-corrected chi connectivity index (χ4v) is 1.68. The van der Waals surface area contributed by atoms with Crippen molar-refractivity contribution in [2.24, 2.45) is 0 Å². The first-order chi connectivity index (χ1) is 6.55. The van der Waals surface area contributed by atoms with E-state index in [9.17, 15) is 4.39 Å². The Morgan fingerprint density at radius 3 is 2.71 bits per heavy atom. The molecule has 2 heterocycles. The smallest absolute Gasteiger partial charge is 0.146 e. The summed E-state index contributed by atoms with van der Waals surface area (Å²) in [6, 6.07) is 3.52. The maximum Gasteiger partial charge on any atom is 0.146 e. The molecule has 76 valence electrons. The van der Waals surface area contributed by atoms with Gasteiger partial charge >= 0.3 is 0 Å². The summed E-state index contributed by atoms with van der Waals surface area (Å²) in [6.45, 7) is 3.20. The second-order valence-corrected chi connectivity index (χ2v) is 4.01. The second-order valence-electron chi connectivity index (χ2n) is 4.01. The molecule has 1 aliphatic rings. The third-order valence-electron chi connectivity index (χ3n) is 2.23. The number of nitrogens with two attached hydrogens (primary N) is 1. The Kier molecular flexibility index (Phi) is 2.11. The standard InChI is InChI=1S/C9H13FN4/c1-9(10)5-14(6-9)4-7-2-3-8(11)13-12-7/h2-3H,4-6H2,1H3,(H2,11,13). The van der Waals surface area contributed by atoms with Crippen LogP contribution in [0.4, 0.5) is 10.2 Å². The van der Waals surface area contributed by atoms with Gasteiger partial charge in [0.2, 0.25) is 0 Å². The molecule has 1 aliphatic heterocycles. The molecule has 4 nitrogen and oxygen atoms in total. The van der Waals surface area contributed by atoms with E-state index in [1.165, 1.54) is 0 Å². The Morgan fingerprint density at radius 1 is 1.50 bits per heavy atom. The Balaban J connectivity index is 1.90. The SMILES string of the molecule is CC1(F)CN(Cc2ccc(N)nn2)C1. The highest BCUT2D eigenvalue weighted by Crippen LogP contribution is 2.25. The number of rotatable bonds is 2. The lowest BCUT2D eigenvalue weighted by molar-refractivity contribution is -0.0233. The molecular formula is C9H13FN4. The van der Waals surface area contributed by atoms with Gasteiger partial charge in [0, 0.05) is 19.6 Å². The van der Waals surface area contributed by atoms with Crippen LogP contribution in [0.2, 0.25) is 0 Å². The summed E-state index contributed by atoms with van der Waals surface area (Å²) in [5, 5.41) is 7.64. The summed E-state index contributed by atoms with van der Waals surface area (Å²) >= 11 is 0. The van der Waals surface area contributed by atoms with E-state index in [1.54, 1.807) is 13.0 Å². The first-order valence-corrected chi connectivity index (χ1v) is 4.54. The maximum atomic E-state index is 13.1. The number of hydrogen-bond donors (Lipinski definition) is 1. The molecule has 0 amide bonds. The molecule has 0 atom stereocenters. The van der Waals surface area contributed by atoms with Crippen molar-refractivity contribution in [3.8, 4) is 0 Å². The zero-order valence-electron chi connectivity index (χ0n) is 8.07. The van der Waals surface area contributed by atoms with Crippen LogP contribution in [-0.2, 0) is 6.54 Å². The molecule has 14 heavy (non-hydrogen) atoms. The number of hydrogen-bond acceptors (Lipinski definition) is 4. The zero-order valence-corrected chi connectivity index (χ0v) is 8.07. The number of anilines is 1. The van der Waals surface area contributed by atoms with E-state index in [0.29, 0.717) is 25.5 Å². The van der Waals surface area contributed by atoms with Gasteiger partial charge < -0.3 is 5.73 Å². The predicted octanol–water partition coefficient (Wildman–Crippen LogP) is 0.603. The lowest BCUT2D eigenvalue weighted by Gasteiger charge is -2.41. The van der Waals surface area contributed by atoms with Crippen LogP contribution in [0.1, 0.15) is 12.6 Å². The van der Waals surface area contributed by atoms with Crippen LogP contribution in [0.5, 0.6) is 0 Å². The van der Waals surface area contributed by atoms with Crippen molar-refractivity contribution in [2.45, 2.75) is 19.1 Å². The molecule has 0 unspecified atom stereocenters. The summed E-state index contributed by atoms with van der Waals surface area (Å²) < 4.78 is 13.1. The van der Waals surface area contributed by atoms with Crippen molar-refractivity contribution in [1.82, 2.24) is 15.1 Å². The quantitative estimate of drug-likeness (QED) is 0.752. The van der Waals surface area contributed by atoms with Gasteiger partial charge in [-0.3, -0.25) is 4.90 Å². The first kappa shape index (κ1) is 9.33. The number of alkyl halides is 1. The minimum Gasteiger partial charge on any atom is -0.382 e. The van der Waals surface area contributed by atoms with Crippen LogP contribution >= 0.6 is 0 Å². The molecule has 2 rings (SSSR count). The van der Waals surface area contributed by atoms with Gasteiger partial charge in [-0.05, 0) is 19.1 Å². The van der Waals surface area contributed by atoms with Crippen LogP contribution in [0.25, 0.3) is 0 Å². The number of nitrogen functional groups attached to an aromatic ring is 1. The largest absolute Gasteiger partial charge is 0.382 e. The molecule has 0 aromatic carbocycles. The number of halogens is 1. The van der Waals surface area contributed by atoms with Gasteiger partial charge in [-0.25, -0.2) is 4.39 Å². The van der Waals surface area contributed by atoms with Crippen molar-refractivity contribution in [1.29, 1.82) is 0 Å². The Bertz CT molecular complexity index is 314. The van der Waals surface area contributed by atoms with E-state index in [-0.39, 0.29) is 0 Å². The molecule has 0 bridgehead atoms. The van der Waals surface area contributed by atoms with E-state index >= 15 is 0 Å². The molecule has 0 saturated carbocycles. The Hall–Kier alpha value is -1.23. The van der Waals surface area contributed by atoms with Crippen LogP contribution in [0.3, 0.4) is 0 Å². The number of nitrogens with zero attached hydrogens (tertiary/aromatic N) is 3. The minimum absolute atomic E-state index is 0.410. The van der Waals surface area contributed by atoms with Crippen molar-refractivity contribution in [2.75, 3.05) is 18.8 Å². The second kappa shape index (κ2) is 3.16. The zero-order chi connectivity index (χ0) is 10.2. The average Bonchev–Trinajstić information content (AvgIpc) is 2.06. The highest BCUT2D eigenvalue weighted by atomic mass is 19.1. The van der Waals surface area contributed by atoms with E-state index in [0.717, 1.165) is 5.69 Å². The van der Waals surface area contributed by atoms with Crippen molar-refractivity contribution in [3.63, 3.8) is 0 Å². The van der Waals surface area contributed by atoms with Crippen molar-refractivity contribution >= 4 is 5.82 Å². The molecule has 2 N–H and O–H groups in total. The monoisotopic (exact) mass is 196 g/mol. The molecule has 0 aliphatic carbocycles. The minimum atomic E-state index is -1.03. The van der Waals surface area contributed by atoms with Crippen LogP contribution in [0.15, 0.2) is 12.1 Å². The number of likely N-dealkylation sites (tertiary alicyclic amines) is 1. The molecule has 5 heteroatoms. The van der Waals surface area contributed by atoms with Gasteiger partial charge in [-0.15, -0.1) is 5.10 Å². The molecule has 1 aromatic heterocycles. The van der Waals surface area contributed by atoms with Gasteiger partial charge in [0.05, 0.1) is 5.69 Å². The van der Waals surface area contributed by atoms with Crippen molar-refractivity contribution < 1.29 is 4.39 Å². The van der Waals surface area contributed by atoms with E-state index in [2.05, 4.69) is 10.2 Å². The Morgan fingerprint density at radius 2 is 2.21 bits per heavy atom. The van der Waals surface area contributed by atoms with Crippen LogP contribution < -0.4 is 5.73 Å². The fraction of sp³-hybridized carbons (Fsp3) is 0.556. The molecule has 1 fully saturated rings. The predicted molar refractivity (Wildman–Crippen MR) is 51.2 cm³/mol. The van der Waals surface area contributed by atoms with Gasteiger partial charge in [0.1, 0.15) is 11.5 Å². The van der Waals surface area contributed by atoms with E-state index < -0.39 is 5.67 Å². The molecule has 1 saturated heterocycles. The van der Waals surface area contributed by atoms with Gasteiger partial charge in [0.15, 0.2) is 0 Å². The van der Waals surface area contributed by atoms with E-state index in [4.69, 9.17) is 5.73 Å². The maximum absolute atomic E-state index is 13.1. The van der Waals surface area contributed by atoms with Crippen molar-refractivity contribution in [3.05, 3.63) is 17.8 Å². The lowest BCUT2D eigenvalue weighted by atomic mass is 9.99. The number of aromatic nitrogens is 2. The molecule has 0 radical (unpaired) electrons. The van der Waals surface area contributed by atoms with Crippen LogP contribution in [0, 0.1) is 0 Å². The average molecular weight is 196 g/mol. The van der Waals surface area contributed by atoms with Crippen LogP contribution in [-0.4, -0.2) is 33.9 Å². The van der Waals surface area contributed by atoms with Gasteiger partial charge in [-0.1, -0.05) is 0 Å². The van der Waals surface area contributed by atoms with E-state index in [1.807, 2.05) is 11.0 Å². The fourth-order valence-electron chi connectivity index (χ4n) is 1.68. The van der Waals surface area contributed by atoms with Gasteiger partial charge in [-0.2, -0.15) is 5.10 Å². The Labute approximate surface area is 81.9 Å². The molecular weight excluding hydrogens is 183 g/mol. The summed E-state index contributed by atoms with van der Waals surface area (Å²) in [5.41, 5.74) is 5.20. The summed E-state index contributed by atoms with van der Waals surface area (Å²) in [5.74, 6) is 0.410. The topological polar surface area (TPSA) is 55.0 Å². The highest BCUT2D eigenvalue weighted by molar-refractivity contribution is 5.25. The third kappa shape index (κ3) is 1.98. The first-order valence-electron chi connectivity index (χ1n) is 4.54. The summed E-state index contributed by atoms with van der Waals surface area (Å²) in [6.07, 6.45) is 0.